The summed E-state index contributed by atoms with van der Waals surface area (Å²) in [5.74, 6) is -0.938. The molecule has 2 heterocycles. The summed E-state index contributed by atoms with van der Waals surface area (Å²) in [6, 6.07) is 15.3. The zero-order valence-corrected chi connectivity index (χ0v) is 19.0. The highest BCUT2D eigenvalue weighted by Crippen LogP contribution is 2.29. The third-order valence-corrected chi connectivity index (χ3v) is 6.55. The molecular weight excluding hydrogens is 436 g/mol. The number of amides is 3. The van der Waals surface area contributed by atoms with Gasteiger partial charge in [-0.3, -0.25) is 24.3 Å². The number of para-hydroxylation sites is 1. The molecule has 1 aromatic carbocycles. The van der Waals surface area contributed by atoms with Gasteiger partial charge in [-0.1, -0.05) is 37.1 Å². The molecule has 1 saturated carbocycles. The summed E-state index contributed by atoms with van der Waals surface area (Å²) in [5, 5.41) is 7.63. The Hall–Kier alpha value is -3.52. The van der Waals surface area contributed by atoms with Gasteiger partial charge in [-0.25, -0.2) is 0 Å². The van der Waals surface area contributed by atoms with E-state index in [1.165, 1.54) is 16.2 Å². The molecule has 1 aliphatic carbocycles. The van der Waals surface area contributed by atoms with Gasteiger partial charge in [-0.15, -0.1) is 11.3 Å². The van der Waals surface area contributed by atoms with Crippen molar-refractivity contribution in [2.45, 2.75) is 37.8 Å². The molecule has 0 aliphatic heterocycles. The number of hydrogen-bond acceptors (Lipinski definition) is 5. The fourth-order valence-electron chi connectivity index (χ4n) is 4.08. The average molecular weight is 463 g/mol. The van der Waals surface area contributed by atoms with E-state index in [1.807, 2.05) is 18.2 Å². The van der Waals surface area contributed by atoms with E-state index < -0.39 is 6.04 Å². The Labute approximate surface area is 196 Å². The van der Waals surface area contributed by atoms with Crippen molar-refractivity contribution < 1.29 is 14.4 Å². The SMILES string of the molecule is O=C(NCC(=O)N(c1ccccc1)[C@@H](C(=O)NC1CCCC1)c1ccncc1)c1cccs1. The summed E-state index contributed by atoms with van der Waals surface area (Å²) in [6.07, 6.45) is 7.26. The normalized spacial score (nSPS) is 14.4. The Morgan fingerprint density at radius 1 is 1.00 bits per heavy atom. The Morgan fingerprint density at radius 3 is 2.39 bits per heavy atom. The Morgan fingerprint density at radius 2 is 1.73 bits per heavy atom. The lowest BCUT2D eigenvalue weighted by Crippen LogP contribution is -2.49. The molecule has 170 valence electrons. The molecule has 4 rings (SSSR count). The Kier molecular flexibility index (Phi) is 7.47. The summed E-state index contributed by atoms with van der Waals surface area (Å²) >= 11 is 1.31. The highest BCUT2D eigenvalue weighted by atomic mass is 32.1. The van der Waals surface area contributed by atoms with Crippen LogP contribution in [0.2, 0.25) is 0 Å². The number of carbonyl (C=O) groups is 3. The molecule has 0 radical (unpaired) electrons. The maximum absolute atomic E-state index is 13.5. The first-order chi connectivity index (χ1) is 16.1. The zero-order valence-electron chi connectivity index (χ0n) is 18.1. The molecular formula is C25H26N4O3S. The monoisotopic (exact) mass is 462 g/mol. The number of nitrogens with zero attached hydrogens (tertiary/aromatic N) is 2. The van der Waals surface area contributed by atoms with Gasteiger partial charge in [0.1, 0.15) is 6.04 Å². The van der Waals surface area contributed by atoms with Gasteiger partial charge in [-0.05, 0) is 54.1 Å². The van der Waals surface area contributed by atoms with Crippen LogP contribution < -0.4 is 15.5 Å². The number of pyridine rings is 1. The van der Waals surface area contributed by atoms with Crippen molar-refractivity contribution in [3.05, 3.63) is 82.8 Å². The second-order valence-corrected chi connectivity index (χ2v) is 8.88. The summed E-state index contributed by atoms with van der Waals surface area (Å²) < 4.78 is 0. The molecule has 0 spiro atoms. The Bertz CT molecular complexity index is 1070. The van der Waals surface area contributed by atoms with Gasteiger partial charge in [0.25, 0.3) is 5.91 Å². The molecule has 0 bridgehead atoms. The van der Waals surface area contributed by atoms with Crippen molar-refractivity contribution in [1.82, 2.24) is 15.6 Å². The molecule has 1 atom stereocenters. The lowest BCUT2D eigenvalue weighted by atomic mass is 10.0. The number of benzene rings is 1. The fraction of sp³-hybridized carbons (Fsp3) is 0.280. The number of rotatable bonds is 8. The first-order valence-electron chi connectivity index (χ1n) is 11.0. The van der Waals surface area contributed by atoms with Gasteiger partial charge in [0, 0.05) is 24.1 Å². The van der Waals surface area contributed by atoms with Crippen LogP contribution in [0.25, 0.3) is 0 Å². The molecule has 2 aromatic heterocycles. The van der Waals surface area contributed by atoms with Crippen LogP contribution >= 0.6 is 11.3 Å². The molecule has 0 unspecified atom stereocenters. The number of hydrogen-bond donors (Lipinski definition) is 2. The fourth-order valence-corrected chi connectivity index (χ4v) is 4.72. The molecule has 33 heavy (non-hydrogen) atoms. The van der Waals surface area contributed by atoms with Crippen molar-refractivity contribution in [3.8, 4) is 0 Å². The smallest absolute Gasteiger partial charge is 0.261 e. The van der Waals surface area contributed by atoms with Gasteiger partial charge in [0.2, 0.25) is 11.8 Å². The van der Waals surface area contributed by atoms with E-state index in [-0.39, 0.29) is 30.3 Å². The van der Waals surface area contributed by atoms with E-state index in [1.54, 1.807) is 54.2 Å². The average Bonchev–Trinajstić information content (AvgIpc) is 3.56. The van der Waals surface area contributed by atoms with Crippen LogP contribution in [-0.2, 0) is 9.59 Å². The van der Waals surface area contributed by atoms with Crippen molar-refractivity contribution in [3.63, 3.8) is 0 Å². The number of thiophene rings is 1. The van der Waals surface area contributed by atoms with Gasteiger partial charge in [-0.2, -0.15) is 0 Å². The highest BCUT2D eigenvalue weighted by Gasteiger charge is 2.34. The molecule has 1 aliphatic rings. The highest BCUT2D eigenvalue weighted by molar-refractivity contribution is 7.12. The zero-order chi connectivity index (χ0) is 23.0. The minimum absolute atomic E-state index is 0.105. The number of anilines is 1. The molecule has 8 heteroatoms. The van der Waals surface area contributed by atoms with Crippen molar-refractivity contribution in [2.75, 3.05) is 11.4 Å². The lowest BCUT2D eigenvalue weighted by Gasteiger charge is -2.32. The first-order valence-corrected chi connectivity index (χ1v) is 11.9. The second-order valence-electron chi connectivity index (χ2n) is 7.93. The molecule has 7 nitrogen and oxygen atoms in total. The van der Waals surface area contributed by atoms with E-state index in [9.17, 15) is 14.4 Å². The van der Waals surface area contributed by atoms with E-state index in [0.29, 0.717) is 16.1 Å². The van der Waals surface area contributed by atoms with Gasteiger partial charge in [0.05, 0.1) is 11.4 Å². The predicted molar refractivity (Wildman–Crippen MR) is 128 cm³/mol. The molecule has 0 saturated heterocycles. The van der Waals surface area contributed by atoms with Crippen LogP contribution in [0.5, 0.6) is 0 Å². The maximum atomic E-state index is 13.5. The van der Waals surface area contributed by atoms with Crippen LogP contribution in [0.15, 0.2) is 72.4 Å². The van der Waals surface area contributed by atoms with Gasteiger partial charge < -0.3 is 10.6 Å². The second kappa shape index (κ2) is 10.9. The van der Waals surface area contributed by atoms with E-state index in [0.717, 1.165) is 25.7 Å². The van der Waals surface area contributed by atoms with E-state index in [2.05, 4.69) is 15.6 Å². The molecule has 2 N–H and O–H groups in total. The summed E-state index contributed by atoms with van der Waals surface area (Å²) in [7, 11) is 0. The summed E-state index contributed by atoms with van der Waals surface area (Å²) in [4.78, 5) is 45.5. The van der Waals surface area contributed by atoms with Crippen LogP contribution in [0.3, 0.4) is 0 Å². The predicted octanol–water partition coefficient (Wildman–Crippen LogP) is 3.71. The summed E-state index contributed by atoms with van der Waals surface area (Å²) in [6.45, 7) is -0.232. The first kappa shape index (κ1) is 22.7. The number of nitrogens with one attached hydrogen (secondary N) is 2. The molecule has 1 fully saturated rings. The number of aromatic nitrogens is 1. The van der Waals surface area contributed by atoms with Crippen LogP contribution in [0.4, 0.5) is 5.69 Å². The third kappa shape index (κ3) is 5.64. The van der Waals surface area contributed by atoms with Gasteiger partial charge in [0.15, 0.2) is 0 Å². The summed E-state index contributed by atoms with van der Waals surface area (Å²) in [5.41, 5.74) is 1.23. The van der Waals surface area contributed by atoms with Crippen LogP contribution in [0.1, 0.15) is 47.0 Å². The standard InChI is InChI=1S/C25H26N4O3S/c30-22(17-27-24(31)21-11-6-16-33-21)29(20-9-2-1-3-10-20)23(18-12-14-26-15-13-18)25(32)28-19-7-4-5-8-19/h1-3,6,9-16,19,23H,4-5,7-8,17H2,(H,27,31)(H,28,32)/t23-/m1/s1. The minimum atomic E-state index is -0.887. The van der Waals surface area contributed by atoms with Gasteiger partial charge >= 0.3 is 0 Å². The molecule has 3 amide bonds. The van der Waals surface area contributed by atoms with Crippen molar-refractivity contribution in [2.24, 2.45) is 0 Å². The topological polar surface area (TPSA) is 91.4 Å². The maximum Gasteiger partial charge on any atom is 0.261 e. The molecule has 3 aromatic rings. The lowest BCUT2D eigenvalue weighted by molar-refractivity contribution is -0.126. The number of carbonyl (C=O) groups excluding carboxylic acids is 3. The van der Waals surface area contributed by atoms with Crippen molar-refractivity contribution >= 4 is 34.7 Å². The van der Waals surface area contributed by atoms with Crippen molar-refractivity contribution in [1.29, 1.82) is 0 Å². The third-order valence-electron chi connectivity index (χ3n) is 5.68. The minimum Gasteiger partial charge on any atom is -0.351 e. The van der Waals surface area contributed by atoms with Crippen LogP contribution in [0, 0.1) is 0 Å². The quantitative estimate of drug-likeness (QED) is 0.534. The van der Waals surface area contributed by atoms with E-state index in [4.69, 9.17) is 0 Å². The van der Waals surface area contributed by atoms with E-state index >= 15 is 0 Å². The largest absolute Gasteiger partial charge is 0.351 e. The Balaban J connectivity index is 1.63. The van der Waals surface area contributed by atoms with Crippen LogP contribution in [-0.4, -0.2) is 35.3 Å².